The highest BCUT2D eigenvalue weighted by Crippen LogP contribution is 2.31. The van der Waals surface area contributed by atoms with Gasteiger partial charge in [0, 0.05) is 5.92 Å². The van der Waals surface area contributed by atoms with E-state index in [1.54, 1.807) is 6.08 Å². The first-order valence-corrected chi connectivity index (χ1v) is 9.21. The van der Waals surface area contributed by atoms with Crippen molar-refractivity contribution in [3.8, 4) is 0 Å². The summed E-state index contributed by atoms with van der Waals surface area (Å²) in [5.41, 5.74) is 0. The zero-order chi connectivity index (χ0) is 16.9. The van der Waals surface area contributed by atoms with Crippen LogP contribution in [0.1, 0.15) is 64.7 Å². The molecule has 0 saturated carbocycles. The minimum Gasteiger partial charge on any atom is -0.516 e. The second kappa shape index (κ2) is 12.4. The Bertz CT molecular complexity index is 373. The van der Waals surface area contributed by atoms with Gasteiger partial charge in [0.25, 0.3) is 0 Å². The molecule has 3 heteroatoms. The molecule has 3 nitrogen and oxygen atoms in total. The zero-order valence-electron chi connectivity index (χ0n) is 14.5. The second-order valence-corrected chi connectivity index (χ2v) is 6.59. The molecule has 0 aromatic rings. The van der Waals surface area contributed by atoms with Crippen LogP contribution < -0.4 is 0 Å². The Morgan fingerprint density at radius 3 is 2.65 bits per heavy atom. The lowest BCUT2D eigenvalue weighted by Crippen LogP contribution is -2.19. The highest BCUT2D eigenvalue weighted by molar-refractivity contribution is 5.14. The van der Waals surface area contributed by atoms with Gasteiger partial charge in [-0.15, -0.1) is 0 Å². The topological polar surface area (TPSA) is 60.7 Å². The maximum absolute atomic E-state index is 10.1. The van der Waals surface area contributed by atoms with Crippen LogP contribution in [0.2, 0.25) is 0 Å². The summed E-state index contributed by atoms with van der Waals surface area (Å²) in [5, 5.41) is 28.7. The summed E-state index contributed by atoms with van der Waals surface area (Å²) in [7, 11) is 0. The van der Waals surface area contributed by atoms with E-state index in [2.05, 4.69) is 19.1 Å². The molecule has 23 heavy (non-hydrogen) atoms. The van der Waals surface area contributed by atoms with E-state index in [4.69, 9.17) is 5.11 Å². The average Bonchev–Trinajstić information content (AvgIpc) is 2.89. The maximum atomic E-state index is 10.1. The summed E-state index contributed by atoms with van der Waals surface area (Å²) in [6, 6.07) is 0. The van der Waals surface area contributed by atoms with Gasteiger partial charge in [0.15, 0.2) is 0 Å². The first kappa shape index (κ1) is 20.0. The van der Waals surface area contributed by atoms with Gasteiger partial charge in [0.05, 0.1) is 18.5 Å². The number of rotatable bonds is 12. The van der Waals surface area contributed by atoms with Crippen molar-refractivity contribution < 1.29 is 15.3 Å². The van der Waals surface area contributed by atoms with Crippen LogP contribution in [-0.2, 0) is 0 Å². The van der Waals surface area contributed by atoms with E-state index in [1.165, 1.54) is 12.8 Å². The van der Waals surface area contributed by atoms with Crippen LogP contribution >= 0.6 is 0 Å². The number of hydrogen-bond acceptors (Lipinski definition) is 3. The summed E-state index contributed by atoms with van der Waals surface area (Å²) < 4.78 is 0. The smallest absolute Gasteiger partial charge is 0.0757 e. The molecule has 0 heterocycles. The first-order valence-electron chi connectivity index (χ1n) is 9.21. The van der Waals surface area contributed by atoms with Crippen molar-refractivity contribution in [2.45, 2.75) is 76.9 Å². The number of aliphatic hydroxyl groups is 3. The van der Waals surface area contributed by atoms with Crippen LogP contribution in [0.5, 0.6) is 0 Å². The van der Waals surface area contributed by atoms with Crippen molar-refractivity contribution in [1.82, 2.24) is 0 Å². The monoisotopic (exact) mass is 322 g/mol. The highest BCUT2D eigenvalue weighted by atomic mass is 16.3. The highest BCUT2D eigenvalue weighted by Gasteiger charge is 2.28. The van der Waals surface area contributed by atoms with Crippen LogP contribution in [0.4, 0.5) is 0 Å². The molecule has 0 amide bonds. The van der Waals surface area contributed by atoms with Crippen LogP contribution in [0, 0.1) is 11.8 Å². The molecule has 1 aliphatic rings. The molecule has 0 saturated heterocycles. The van der Waals surface area contributed by atoms with Gasteiger partial charge in [-0.3, -0.25) is 0 Å². The van der Waals surface area contributed by atoms with Crippen molar-refractivity contribution in [2.75, 3.05) is 0 Å². The Balaban J connectivity index is 2.31. The zero-order valence-corrected chi connectivity index (χ0v) is 14.5. The molecule has 4 unspecified atom stereocenters. The van der Waals surface area contributed by atoms with Gasteiger partial charge in [-0.1, -0.05) is 69.4 Å². The summed E-state index contributed by atoms with van der Waals surface area (Å²) in [6.45, 7) is 2.16. The Kier molecular flexibility index (Phi) is 10.8. The third kappa shape index (κ3) is 8.38. The maximum Gasteiger partial charge on any atom is 0.0757 e. The fourth-order valence-corrected chi connectivity index (χ4v) is 3.18. The molecule has 0 aliphatic heterocycles. The summed E-state index contributed by atoms with van der Waals surface area (Å²) in [5.74, 6) is 0.477. The number of unbranched alkanes of at least 4 members (excludes halogenated alkanes) is 5. The van der Waals surface area contributed by atoms with E-state index < -0.39 is 0 Å². The van der Waals surface area contributed by atoms with E-state index in [-0.39, 0.29) is 24.0 Å². The van der Waals surface area contributed by atoms with Gasteiger partial charge < -0.3 is 15.3 Å². The van der Waals surface area contributed by atoms with E-state index in [0.29, 0.717) is 0 Å². The Labute approximate surface area is 141 Å². The van der Waals surface area contributed by atoms with E-state index >= 15 is 0 Å². The van der Waals surface area contributed by atoms with Crippen LogP contribution in [0.15, 0.2) is 36.6 Å². The fraction of sp³-hybridized carbons (Fsp3) is 0.700. The van der Waals surface area contributed by atoms with E-state index in [1.807, 2.05) is 12.2 Å². The quantitative estimate of drug-likeness (QED) is 0.278. The van der Waals surface area contributed by atoms with Gasteiger partial charge in [-0.2, -0.15) is 0 Å². The van der Waals surface area contributed by atoms with Gasteiger partial charge in [-0.05, 0) is 31.6 Å². The van der Waals surface area contributed by atoms with E-state index in [9.17, 15) is 10.2 Å². The molecule has 0 bridgehead atoms. The summed E-state index contributed by atoms with van der Waals surface area (Å²) in [6.07, 6.45) is 19.5. The lowest BCUT2D eigenvalue weighted by Gasteiger charge is -2.20. The van der Waals surface area contributed by atoms with Crippen LogP contribution in [-0.4, -0.2) is 27.5 Å². The molecule has 0 aromatic heterocycles. The SMILES string of the molecule is CCCCCC(O)/C=C/C1C=CC(O)C1CCCCCC=CO. The summed E-state index contributed by atoms with van der Waals surface area (Å²) in [4.78, 5) is 0. The molecule has 132 valence electrons. The molecule has 0 radical (unpaired) electrons. The van der Waals surface area contributed by atoms with Crippen molar-refractivity contribution in [3.05, 3.63) is 36.6 Å². The molecule has 4 atom stereocenters. The van der Waals surface area contributed by atoms with E-state index in [0.717, 1.165) is 51.2 Å². The van der Waals surface area contributed by atoms with Gasteiger partial charge >= 0.3 is 0 Å². The number of allylic oxidation sites excluding steroid dienone is 3. The van der Waals surface area contributed by atoms with Crippen molar-refractivity contribution in [3.63, 3.8) is 0 Å². The Hall–Kier alpha value is -1.06. The predicted molar refractivity (Wildman–Crippen MR) is 96.3 cm³/mol. The summed E-state index contributed by atoms with van der Waals surface area (Å²) >= 11 is 0. The minimum absolute atomic E-state index is 0.238. The molecule has 1 aliphatic carbocycles. The molecule has 1 rings (SSSR count). The molecule has 0 spiro atoms. The van der Waals surface area contributed by atoms with Crippen molar-refractivity contribution >= 4 is 0 Å². The molecular weight excluding hydrogens is 288 g/mol. The van der Waals surface area contributed by atoms with Crippen LogP contribution in [0.25, 0.3) is 0 Å². The number of aliphatic hydroxyl groups excluding tert-OH is 3. The predicted octanol–water partition coefficient (Wildman–Crippen LogP) is 4.67. The standard InChI is InChI=1S/C20H34O3/c1-2-3-7-10-18(22)14-12-17-13-15-20(23)19(17)11-8-5-4-6-9-16-21/h9,12-23H,2-8,10-11H2,1H3/b14-12+,16-9?. The normalized spacial score (nSPS) is 25.8. The lowest BCUT2D eigenvalue weighted by atomic mass is 9.88. The third-order valence-corrected chi connectivity index (χ3v) is 4.64. The largest absolute Gasteiger partial charge is 0.516 e. The van der Waals surface area contributed by atoms with Gasteiger partial charge in [0.2, 0.25) is 0 Å². The molecule has 0 fully saturated rings. The van der Waals surface area contributed by atoms with Gasteiger partial charge in [-0.25, -0.2) is 0 Å². The van der Waals surface area contributed by atoms with Crippen LogP contribution in [0.3, 0.4) is 0 Å². The third-order valence-electron chi connectivity index (χ3n) is 4.64. The minimum atomic E-state index is -0.362. The Morgan fingerprint density at radius 1 is 1.09 bits per heavy atom. The average molecular weight is 322 g/mol. The molecular formula is C20H34O3. The Morgan fingerprint density at radius 2 is 1.91 bits per heavy atom. The molecule has 3 N–H and O–H groups in total. The van der Waals surface area contributed by atoms with Crippen molar-refractivity contribution in [2.24, 2.45) is 11.8 Å². The fourth-order valence-electron chi connectivity index (χ4n) is 3.18. The second-order valence-electron chi connectivity index (χ2n) is 6.59. The molecule has 0 aromatic carbocycles. The van der Waals surface area contributed by atoms with Gasteiger partial charge in [0.1, 0.15) is 0 Å². The first-order chi connectivity index (χ1) is 11.2. The lowest BCUT2D eigenvalue weighted by molar-refractivity contribution is 0.142. The van der Waals surface area contributed by atoms with Crippen molar-refractivity contribution in [1.29, 1.82) is 0 Å². The number of hydrogen-bond donors (Lipinski definition) is 3.